The lowest BCUT2D eigenvalue weighted by molar-refractivity contribution is 0.0793. The van der Waals surface area contributed by atoms with Gasteiger partial charge in [0.1, 0.15) is 6.73 Å². The summed E-state index contributed by atoms with van der Waals surface area (Å²) in [6.07, 6.45) is -1.46. The lowest BCUT2D eigenvalue weighted by atomic mass is 10.0. The van der Waals surface area contributed by atoms with E-state index in [9.17, 15) is 9.59 Å². The van der Waals surface area contributed by atoms with Crippen molar-refractivity contribution in [2.75, 3.05) is 6.61 Å². The second kappa shape index (κ2) is 7.70. The minimum absolute atomic E-state index is 0.0326. The van der Waals surface area contributed by atoms with Crippen molar-refractivity contribution in [3.63, 3.8) is 0 Å². The fraction of sp³-hybridized carbons (Fsp3) is 0.353. The zero-order chi connectivity index (χ0) is 17.7. The van der Waals surface area contributed by atoms with Crippen LogP contribution in [0.4, 0.5) is 4.39 Å². The first-order valence-electron chi connectivity index (χ1n) is 7.61. The SMILES string of the molecule is CCOCn1c(C(F)c2cccc(C#N)c2)c(CC)c(=O)[nH]c1=O. The molecule has 2 rings (SSSR count). The topological polar surface area (TPSA) is 87.9 Å². The molecule has 0 radical (unpaired) electrons. The number of H-pyrrole nitrogens is 1. The summed E-state index contributed by atoms with van der Waals surface area (Å²) >= 11 is 0. The van der Waals surface area contributed by atoms with Crippen LogP contribution in [0.15, 0.2) is 33.9 Å². The predicted molar refractivity (Wildman–Crippen MR) is 86.4 cm³/mol. The Balaban J connectivity index is 2.67. The maximum Gasteiger partial charge on any atom is 0.330 e. The van der Waals surface area contributed by atoms with E-state index in [0.29, 0.717) is 12.2 Å². The minimum Gasteiger partial charge on any atom is -0.361 e. The van der Waals surface area contributed by atoms with Gasteiger partial charge in [0.25, 0.3) is 5.56 Å². The predicted octanol–water partition coefficient (Wildman–Crippen LogP) is 2.02. The van der Waals surface area contributed by atoms with E-state index in [4.69, 9.17) is 10.00 Å². The van der Waals surface area contributed by atoms with Crippen LogP contribution in [0.5, 0.6) is 0 Å². The molecule has 1 aromatic heterocycles. The Kier molecular flexibility index (Phi) is 5.66. The summed E-state index contributed by atoms with van der Waals surface area (Å²) in [5.74, 6) is 0. The summed E-state index contributed by atoms with van der Waals surface area (Å²) in [6, 6.07) is 7.98. The fourth-order valence-electron chi connectivity index (χ4n) is 2.49. The van der Waals surface area contributed by atoms with Gasteiger partial charge in [-0.2, -0.15) is 5.26 Å². The third kappa shape index (κ3) is 3.44. The van der Waals surface area contributed by atoms with E-state index >= 15 is 4.39 Å². The summed E-state index contributed by atoms with van der Waals surface area (Å²) in [5.41, 5.74) is -0.668. The van der Waals surface area contributed by atoms with Gasteiger partial charge in [-0.1, -0.05) is 19.1 Å². The molecule has 0 bridgehead atoms. The van der Waals surface area contributed by atoms with Gasteiger partial charge < -0.3 is 4.74 Å². The highest BCUT2D eigenvalue weighted by atomic mass is 19.1. The number of aromatic amines is 1. The van der Waals surface area contributed by atoms with Gasteiger partial charge >= 0.3 is 5.69 Å². The van der Waals surface area contributed by atoms with Crippen molar-refractivity contribution in [2.45, 2.75) is 33.2 Å². The zero-order valence-electron chi connectivity index (χ0n) is 13.5. The number of aromatic nitrogens is 2. The molecule has 0 aliphatic rings. The number of nitrogens with zero attached hydrogens (tertiary/aromatic N) is 2. The van der Waals surface area contributed by atoms with Crippen LogP contribution in [0, 0.1) is 11.3 Å². The Bertz CT molecular complexity index is 880. The molecule has 7 heteroatoms. The molecule has 0 saturated heterocycles. The average Bonchev–Trinajstić information content (AvgIpc) is 2.59. The lowest BCUT2D eigenvalue weighted by Crippen LogP contribution is -2.36. The number of halogens is 1. The Morgan fingerprint density at radius 3 is 2.75 bits per heavy atom. The Morgan fingerprint density at radius 1 is 1.38 bits per heavy atom. The minimum atomic E-state index is -1.72. The van der Waals surface area contributed by atoms with E-state index in [-0.39, 0.29) is 30.0 Å². The molecule has 6 nitrogen and oxygen atoms in total. The second-order valence-corrected chi connectivity index (χ2v) is 5.13. The van der Waals surface area contributed by atoms with Crippen LogP contribution >= 0.6 is 0 Å². The number of alkyl halides is 1. The highest BCUT2D eigenvalue weighted by Crippen LogP contribution is 2.27. The van der Waals surface area contributed by atoms with Crippen LogP contribution in [0.25, 0.3) is 0 Å². The average molecular weight is 331 g/mol. The fourth-order valence-corrected chi connectivity index (χ4v) is 2.49. The molecule has 0 aliphatic carbocycles. The van der Waals surface area contributed by atoms with E-state index in [0.717, 1.165) is 4.57 Å². The van der Waals surface area contributed by atoms with Crippen molar-refractivity contribution in [1.29, 1.82) is 5.26 Å². The largest absolute Gasteiger partial charge is 0.361 e. The molecule has 0 aliphatic heterocycles. The molecule has 1 heterocycles. The first-order chi connectivity index (χ1) is 11.5. The number of hydrogen-bond donors (Lipinski definition) is 1. The van der Waals surface area contributed by atoms with Gasteiger partial charge in [-0.25, -0.2) is 9.18 Å². The third-order valence-electron chi connectivity index (χ3n) is 3.67. The quantitative estimate of drug-likeness (QED) is 0.877. The molecule has 126 valence electrons. The molecule has 2 aromatic rings. The Hall–Kier alpha value is -2.72. The highest BCUT2D eigenvalue weighted by Gasteiger charge is 2.24. The normalized spacial score (nSPS) is 11.9. The second-order valence-electron chi connectivity index (χ2n) is 5.13. The molecule has 0 amide bonds. The summed E-state index contributed by atoms with van der Waals surface area (Å²) in [4.78, 5) is 26.3. The molecule has 1 aromatic carbocycles. The standard InChI is InChI=1S/C17H18FN3O3/c1-3-13-15(14(18)12-7-5-6-11(8-12)9-19)21(10-24-4-2)17(23)20-16(13)22/h5-8,14H,3-4,10H2,1-2H3,(H,20,22,23). The van der Waals surface area contributed by atoms with Crippen LogP contribution < -0.4 is 11.2 Å². The monoisotopic (exact) mass is 331 g/mol. The van der Waals surface area contributed by atoms with E-state index in [1.54, 1.807) is 26.0 Å². The van der Waals surface area contributed by atoms with E-state index in [2.05, 4.69) is 4.98 Å². The molecular formula is C17H18FN3O3. The lowest BCUT2D eigenvalue weighted by Gasteiger charge is -2.19. The number of hydrogen-bond acceptors (Lipinski definition) is 4. The van der Waals surface area contributed by atoms with Gasteiger partial charge in [-0.05, 0) is 31.0 Å². The zero-order valence-corrected chi connectivity index (χ0v) is 13.5. The van der Waals surface area contributed by atoms with Crippen LogP contribution in [0.2, 0.25) is 0 Å². The van der Waals surface area contributed by atoms with E-state index in [1.807, 2.05) is 6.07 Å². The van der Waals surface area contributed by atoms with E-state index in [1.165, 1.54) is 12.1 Å². The smallest absolute Gasteiger partial charge is 0.330 e. The van der Waals surface area contributed by atoms with Gasteiger partial charge in [-0.3, -0.25) is 14.3 Å². The molecule has 1 N–H and O–H groups in total. The molecule has 24 heavy (non-hydrogen) atoms. The van der Waals surface area contributed by atoms with Crippen molar-refractivity contribution in [3.05, 3.63) is 67.5 Å². The maximum absolute atomic E-state index is 15.2. The number of rotatable bonds is 6. The number of ether oxygens (including phenoxy) is 1. The summed E-state index contributed by atoms with van der Waals surface area (Å²) < 4.78 is 21.5. The van der Waals surface area contributed by atoms with Gasteiger partial charge in [0.05, 0.1) is 17.3 Å². The summed E-state index contributed by atoms with van der Waals surface area (Å²) in [7, 11) is 0. The van der Waals surface area contributed by atoms with Crippen molar-refractivity contribution in [1.82, 2.24) is 9.55 Å². The number of nitrogens with one attached hydrogen (secondary N) is 1. The Labute approximate surface area is 138 Å². The van der Waals surface area contributed by atoms with Crippen LogP contribution in [0.3, 0.4) is 0 Å². The van der Waals surface area contributed by atoms with Crippen LogP contribution in [-0.2, 0) is 17.9 Å². The number of benzene rings is 1. The molecule has 0 fully saturated rings. The van der Waals surface area contributed by atoms with Gasteiger partial charge in [0, 0.05) is 12.2 Å². The molecule has 1 atom stereocenters. The van der Waals surface area contributed by atoms with E-state index < -0.39 is 17.4 Å². The van der Waals surface area contributed by atoms with Gasteiger partial charge in [0.15, 0.2) is 6.17 Å². The molecule has 1 unspecified atom stereocenters. The molecule has 0 saturated carbocycles. The summed E-state index contributed by atoms with van der Waals surface area (Å²) in [5, 5.41) is 8.97. The van der Waals surface area contributed by atoms with Crippen LogP contribution in [-0.4, -0.2) is 16.2 Å². The maximum atomic E-state index is 15.2. The first-order valence-corrected chi connectivity index (χ1v) is 7.61. The highest BCUT2D eigenvalue weighted by molar-refractivity contribution is 5.37. The van der Waals surface area contributed by atoms with Crippen molar-refractivity contribution in [3.8, 4) is 6.07 Å². The first kappa shape index (κ1) is 17.6. The van der Waals surface area contributed by atoms with Gasteiger partial charge in [-0.15, -0.1) is 0 Å². The summed E-state index contributed by atoms with van der Waals surface area (Å²) in [6.45, 7) is 3.64. The molecular weight excluding hydrogens is 313 g/mol. The van der Waals surface area contributed by atoms with Crippen molar-refractivity contribution >= 4 is 0 Å². The number of nitriles is 1. The van der Waals surface area contributed by atoms with Crippen molar-refractivity contribution < 1.29 is 9.13 Å². The van der Waals surface area contributed by atoms with Crippen LogP contribution in [0.1, 0.15) is 42.4 Å². The van der Waals surface area contributed by atoms with Crippen molar-refractivity contribution in [2.24, 2.45) is 0 Å². The third-order valence-corrected chi connectivity index (χ3v) is 3.67. The van der Waals surface area contributed by atoms with Gasteiger partial charge in [0.2, 0.25) is 0 Å². The Morgan fingerprint density at radius 2 is 2.12 bits per heavy atom. The molecule has 0 spiro atoms.